The first-order valence-corrected chi connectivity index (χ1v) is 2.30. The van der Waals surface area contributed by atoms with Crippen molar-refractivity contribution in [3.8, 4) is 0 Å². The Hall–Kier alpha value is -0.560. The fourth-order valence-electron chi connectivity index (χ4n) is 0.513. The molecule has 1 N–H and O–H groups in total. The second-order valence-electron chi connectivity index (χ2n) is 1.52. The summed E-state index contributed by atoms with van der Waals surface area (Å²) in [6.07, 6.45) is 8.42. The number of hydrogen-bond acceptors (Lipinski definition) is 1. The quantitative estimate of drug-likeness (QED) is 0.517. The van der Waals surface area contributed by atoms with Crippen LogP contribution >= 0.6 is 12.4 Å². The van der Waals surface area contributed by atoms with Gasteiger partial charge in [0, 0.05) is 12.1 Å². The van der Waals surface area contributed by atoms with Crippen molar-refractivity contribution in [3.05, 3.63) is 24.3 Å². The summed E-state index contributed by atoms with van der Waals surface area (Å²) < 4.78 is 0. The molecule has 44 valence electrons. The van der Waals surface area contributed by atoms with Gasteiger partial charge in [0.25, 0.3) is 0 Å². The van der Waals surface area contributed by atoms with Crippen LogP contribution in [0, 0.1) is 5.41 Å². The molecule has 0 aliphatic heterocycles. The molecular formula is C6H8ClN. The maximum Gasteiger partial charge on any atom is 0.0351 e. The van der Waals surface area contributed by atoms with Gasteiger partial charge >= 0.3 is 0 Å². The van der Waals surface area contributed by atoms with Gasteiger partial charge in [0.2, 0.25) is 0 Å². The summed E-state index contributed by atoms with van der Waals surface area (Å²) in [5.74, 6) is 0. The van der Waals surface area contributed by atoms with E-state index in [1.807, 2.05) is 18.2 Å². The van der Waals surface area contributed by atoms with Crippen LogP contribution in [0.3, 0.4) is 0 Å². The molecule has 0 aromatic heterocycles. The molecule has 0 radical (unpaired) electrons. The van der Waals surface area contributed by atoms with E-state index in [0.29, 0.717) is 5.71 Å². The summed E-state index contributed by atoms with van der Waals surface area (Å²) in [6, 6.07) is 0. The molecule has 1 aliphatic rings. The zero-order valence-electron chi connectivity index (χ0n) is 4.42. The minimum absolute atomic E-state index is 0. The minimum atomic E-state index is 0. The molecule has 0 amide bonds. The van der Waals surface area contributed by atoms with Crippen LogP contribution in [0.2, 0.25) is 0 Å². The standard InChI is InChI=1S/C6H7N.ClH/c7-6-4-2-1-3-5-6;/h1-4,7H,5H2;1H. The van der Waals surface area contributed by atoms with E-state index in [4.69, 9.17) is 5.41 Å². The molecule has 0 fully saturated rings. The second kappa shape index (κ2) is 3.44. The average Bonchev–Trinajstić information content (AvgIpc) is 1.69. The zero-order valence-corrected chi connectivity index (χ0v) is 5.24. The molecule has 0 aromatic carbocycles. The van der Waals surface area contributed by atoms with Crippen molar-refractivity contribution in [3.63, 3.8) is 0 Å². The normalized spacial score (nSPS) is 15.8. The molecule has 0 unspecified atom stereocenters. The largest absolute Gasteiger partial charge is 0.305 e. The molecular weight excluding hydrogens is 122 g/mol. The average molecular weight is 130 g/mol. The first kappa shape index (κ1) is 7.44. The van der Waals surface area contributed by atoms with Crippen molar-refractivity contribution in [2.45, 2.75) is 6.42 Å². The first-order chi connectivity index (χ1) is 3.39. The highest BCUT2D eigenvalue weighted by Gasteiger charge is 1.87. The van der Waals surface area contributed by atoms with Gasteiger partial charge in [0.1, 0.15) is 0 Å². The molecule has 2 heteroatoms. The van der Waals surface area contributed by atoms with E-state index in [-0.39, 0.29) is 12.4 Å². The maximum atomic E-state index is 7.05. The molecule has 1 aliphatic carbocycles. The van der Waals surface area contributed by atoms with E-state index in [1.54, 1.807) is 6.08 Å². The Labute approximate surface area is 55.0 Å². The predicted molar refractivity (Wildman–Crippen MR) is 37.9 cm³/mol. The van der Waals surface area contributed by atoms with Crippen LogP contribution in [0.1, 0.15) is 6.42 Å². The predicted octanol–water partition coefficient (Wildman–Crippen LogP) is 1.94. The van der Waals surface area contributed by atoms with Crippen LogP contribution in [0.25, 0.3) is 0 Å². The molecule has 0 saturated heterocycles. The number of halogens is 1. The number of nitrogens with one attached hydrogen (secondary N) is 1. The lowest BCUT2D eigenvalue weighted by Crippen LogP contribution is -1.89. The minimum Gasteiger partial charge on any atom is -0.305 e. The number of rotatable bonds is 0. The number of allylic oxidation sites excluding steroid dienone is 4. The molecule has 0 atom stereocenters. The van der Waals surface area contributed by atoms with Crippen molar-refractivity contribution in [1.29, 1.82) is 5.41 Å². The molecule has 0 aromatic rings. The molecule has 1 rings (SSSR count). The van der Waals surface area contributed by atoms with E-state index < -0.39 is 0 Å². The van der Waals surface area contributed by atoms with Crippen LogP contribution in [0.4, 0.5) is 0 Å². The number of hydrogen-bond donors (Lipinski definition) is 1. The van der Waals surface area contributed by atoms with Crippen LogP contribution in [-0.2, 0) is 0 Å². The Morgan fingerprint density at radius 2 is 2.12 bits per heavy atom. The van der Waals surface area contributed by atoms with Gasteiger partial charge in [-0.2, -0.15) is 0 Å². The van der Waals surface area contributed by atoms with Gasteiger partial charge in [-0.15, -0.1) is 12.4 Å². The second-order valence-corrected chi connectivity index (χ2v) is 1.52. The summed E-state index contributed by atoms with van der Waals surface area (Å²) in [5, 5.41) is 7.05. The summed E-state index contributed by atoms with van der Waals surface area (Å²) in [5.41, 5.74) is 0.697. The lowest BCUT2D eigenvalue weighted by atomic mass is 10.2. The third-order valence-electron chi connectivity index (χ3n) is 0.882. The lowest BCUT2D eigenvalue weighted by molar-refractivity contribution is 1.37. The van der Waals surface area contributed by atoms with Crippen LogP contribution in [-0.4, -0.2) is 5.71 Å². The van der Waals surface area contributed by atoms with Gasteiger partial charge in [0.15, 0.2) is 0 Å². The third kappa shape index (κ3) is 1.94. The highest BCUT2D eigenvalue weighted by atomic mass is 35.5. The van der Waals surface area contributed by atoms with Crippen molar-refractivity contribution in [1.82, 2.24) is 0 Å². The molecule has 0 spiro atoms. The Kier molecular flexibility index (Phi) is 3.20. The summed E-state index contributed by atoms with van der Waals surface area (Å²) in [7, 11) is 0. The molecule has 1 nitrogen and oxygen atoms in total. The summed E-state index contributed by atoms with van der Waals surface area (Å²) in [4.78, 5) is 0. The van der Waals surface area contributed by atoms with E-state index in [1.165, 1.54) is 0 Å². The van der Waals surface area contributed by atoms with Crippen LogP contribution in [0.15, 0.2) is 24.3 Å². The Morgan fingerprint density at radius 3 is 2.38 bits per heavy atom. The fraction of sp³-hybridized carbons (Fsp3) is 0.167. The maximum absolute atomic E-state index is 7.05. The van der Waals surface area contributed by atoms with E-state index >= 15 is 0 Å². The Morgan fingerprint density at radius 1 is 1.38 bits per heavy atom. The van der Waals surface area contributed by atoms with E-state index in [9.17, 15) is 0 Å². The monoisotopic (exact) mass is 129 g/mol. The topological polar surface area (TPSA) is 23.9 Å². The molecule has 0 heterocycles. The smallest absolute Gasteiger partial charge is 0.0351 e. The molecule has 0 saturated carbocycles. The van der Waals surface area contributed by atoms with Crippen molar-refractivity contribution in [2.75, 3.05) is 0 Å². The fourth-order valence-corrected chi connectivity index (χ4v) is 0.513. The van der Waals surface area contributed by atoms with Gasteiger partial charge in [-0.3, -0.25) is 0 Å². The van der Waals surface area contributed by atoms with E-state index in [0.717, 1.165) is 6.42 Å². The van der Waals surface area contributed by atoms with E-state index in [2.05, 4.69) is 0 Å². The van der Waals surface area contributed by atoms with Gasteiger partial charge in [-0.05, 0) is 6.08 Å². The Balaban J connectivity index is 0.000000490. The van der Waals surface area contributed by atoms with Gasteiger partial charge in [0.05, 0.1) is 0 Å². The van der Waals surface area contributed by atoms with Crippen molar-refractivity contribution >= 4 is 18.1 Å². The van der Waals surface area contributed by atoms with Gasteiger partial charge < -0.3 is 5.41 Å². The zero-order chi connectivity index (χ0) is 5.11. The first-order valence-electron chi connectivity index (χ1n) is 2.30. The van der Waals surface area contributed by atoms with Crippen molar-refractivity contribution in [2.24, 2.45) is 0 Å². The lowest BCUT2D eigenvalue weighted by Gasteiger charge is -1.92. The van der Waals surface area contributed by atoms with Gasteiger partial charge in [-0.1, -0.05) is 18.2 Å². The van der Waals surface area contributed by atoms with Gasteiger partial charge in [-0.25, -0.2) is 0 Å². The summed E-state index contributed by atoms with van der Waals surface area (Å²) in [6.45, 7) is 0. The van der Waals surface area contributed by atoms with Crippen LogP contribution in [0.5, 0.6) is 0 Å². The summed E-state index contributed by atoms with van der Waals surface area (Å²) >= 11 is 0. The molecule has 0 bridgehead atoms. The third-order valence-corrected chi connectivity index (χ3v) is 0.882. The Bertz CT molecular complexity index is 135. The van der Waals surface area contributed by atoms with Crippen molar-refractivity contribution < 1.29 is 0 Å². The highest BCUT2D eigenvalue weighted by molar-refractivity contribution is 5.94. The van der Waals surface area contributed by atoms with Crippen LogP contribution < -0.4 is 0 Å². The molecule has 8 heavy (non-hydrogen) atoms. The SMILES string of the molecule is Cl.N=C1C=CC=CC1. The highest BCUT2D eigenvalue weighted by Crippen LogP contribution is 1.94.